The lowest BCUT2D eigenvalue weighted by Gasteiger charge is -2.30. The average Bonchev–Trinajstić information content (AvgIpc) is 2.23. The van der Waals surface area contributed by atoms with Crippen LogP contribution in [0.2, 0.25) is 0 Å². The van der Waals surface area contributed by atoms with Crippen LogP contribution in [0, 0.1) is 0 Å². The zero-order valence-corrected chi connectivity index (χ0v) is 8.46. The van der Waals surface area contributed by atoms with E-state index in [0.29, 0.717) is 6.54 Å². The summed E-state index contributed by atoms with van der Waals surface area (Å²) in [6.45, 7) is 5.09. The molecule has 72 valence electrons. The Hall–Kier alpha value is -0.890. The Balaban J connectivity index is 3.01. The number of nitrogens with two attached hydrogens (primary N) is 1. The Kier molecular flexibility index (Phi) is 3.43. The highest BCUT2D eigenvalue weighted by atomic mass is 14.6. The van der Waals surface area contributed by atoms with Gasteiger partial charge in [-0.25, -0.2) is 0 Å². The van der Waals surface area contributed by atoms with Crippen molar-refractivity contribution in [2.24, 2.45) is 5.73 Å². The van der Waals surface area contributed by atoms with Crippen molar-refractivity contribution in [2.75, 3.05) is 6.54 Å². The maximum absolute atomic E-state index is 5.84. The third-order valence-corrected chi connectivity index (χ3v) is 3.04. The van der Waals surface area contributed by atoms with Crippen LogP contribution in [-0.4, -0.2) is 11.5 Å². The number of rotatable bonds is 4. The highest BCUT2D eigenvalue weighted by molar-refractivity contribution is 5.22. The molecule has 0 unspecified atom stereocenters. The third kappa shape index (κ3) is 1.89. The monoisotopic (exact) mass is 178 g/mol. The van der Waals surface area contributed by atoms with Crippen molar-refractivity contribution >= 4 is 0 Å². The topological polar surface area (TPSA) is 38.9 Å². The normalized spacial score (nSPS) is 11.6. The van der Waals surface area contributed by atoms with Crippen LogP contribution in [0.3, 0.4) is 0 Å². The molecule has 0 bridgehead atoms. The Bertz CT molecular complexity index is 231. The van der Waals surface area contributed by atoms with E-state index < -0.39 is 0 Å². The summed E-state index contributed by atoms with van der Waals surface area (Å²) < 4.78 is 0. The lowest BCUT2D eigenvalue weighted by molar-refractivity contribution is 0.406. The van der Waals surface area contributed by atoms with Gasteiger partial charge < -0.3 is 5.73 Å². The van der Waals surface area contributed by atoms with Gasteiger partial charge in [-0.3, -0.25) is 4.98 Å². The van der Waals surface area contributed by atoms with Crippen LogP contribution >= 0.6 is 0 Å². The van der Waals surface area contributed by atoms with E-state index in [0.717, 1.165) is 12.8 Å². The van der Waals surface area contributed by atoms with Crippen LogP contribution in [-0.2, 0) is 5.41 Å². The number of aromatic nitrogens is 1. The predicted molar refractivity (Wildman–Crippen MR) is 55.6 cm³/mol. The number of hydrogen-bond donors (Lipinski definition) is 1. The molecule has 0 radical (unpaired) electrons. The quantitative estimate of drug-likeness (QED) is 0.766. The second-order valence-corrected chi connectivity index (χ2v) is 3.43. The number of pyridine rings is 1. The summed E-state index contributed by atoms with van der Waals surface area (Å²) in [7, 11) is 0. The van der Waals surface area contributed by atoms with Crippen LogP contribution in [0.1, 0.15) is 32.3 Å². The SMILES string of the molecule is CCC(CC)(CN)c1ccncc1. The van der Waals surface area contributed by atoms with Crippen molar-refractivity contribution in [3.63, 3.8) is 0 Å². The van der Waals surface area contributed by atoms with Crippen LogP contribution in [0.5, 0.6) is 0 Å². The molecule has 0 fully saturated rings. The molecule has 0 aliphatic carbocycles. The van der Waals surface area contributed by atoms with Gasteiger partial charge in [0.25, 0.3) is 0 Å². The van der Waals surface area contributed by atoms with Crippen molar-refractivity contribution in [1.29, 1.82) is 0 Å². The molecule has 13 heavy (non-hydrogen) atoms. The molecule has 0 aromatic carbocycles. The lowest BCUT2D eigenvalue weighted by atomic mass is 9.76. The van der Waals surface area contributed by atoms with Crippen molar-refractivity contribution in [3.8, 4) is 0 Å². The maximum Gasteiger partial charge on any atom is 0.0270 e. The molecule has 2 N–H and O–H groups in total. The van der Waals surface area contributed by atoms with E-state index in [1.807, 2.05) is 12.4 Å². The van der Waals surface area contributed by atoms with E-state index in [2.05, 4.69) is 31.0 Å². The van der Waals surface area contributed by atoms with Gasteiger partial charge in [-0.1, -0.05) is 13.8 Å². The fraction of sp³-hybridized carbons (Fsp3) is 0.545. The molecular formula is C11H18N2. The largest absolute Gasteiger partial charge is 0.330 e. The minimum absolute atomic E-state index is 0.156. The van der Waals surface area contributed by atoms with Crippen LogP contribution < -0.4 is 5.73 Å². The molecule has 0 aliphatic heterocycles. The summed E-state index contributed by atoms with van der Waals surface area (Å²) in [5.41, 5.74) is 7.31. The molecule has 1 aromatic heterocycles. The van der Waals surface area contributed by atoms with Gasteiger partial charge in [0.1, 0.15) is 0 Å². The van der Waals surface area contributed by atoms with Gasteiger partial charge in [0.15, 0.2) is 0 Å². The first-order valence-electron chi connectivity index (χ1n) is 4.89. The Morgan fingerprint density at radius 1 is 1.23 bits per heavy atom. The molecule has 0 saturated heterocycles. The minimum Gasteiger partial charge on any atom is -0.330 e. The van der Waals surface area contributed by atoms with Gasteiger partial charge in [0, 0.05) is 24.4 Å². The Morgan fingerprint density at radius 3 is 2.15 bits per heavy atom. The van der Waals surface area contributed by atoms with E-state index in [4.69, 9.17) is 5.73 Å². The summed E-state index contributed by atoms with van der Waals surface area (Å²) in [5.74, 6) is 0. The summed E-state index contributed by atoms with van der Waals surface area (Å²) in [4.78, 5) is 4.02. The van der Waals surface area contributed by atoms with Crippen LogP contribution in [0.4, 0.5) is 0 Å². The zero-order valence-electron chi connectivity index (χ0n) is 8.46. The predicted octanol–water partition coefficient (Wildman–Crippen LogP) is 2.10. The highest BCUT2D eigenvalue weighted by Crippen LogP contribution is 2.29. The molecule has 0 saturated carbocycles. The van der Waals surface area contributed by atoms with Crippen molar-refractivity contribution in [2.45, 2.75) is 32.1 Å². The van der Waals surface area contributed by atoms with E-state index >= 15 is 0 Å². The molecule has 1 heterocycles. The summed E-state index contributed by atoms with van der Waals surface area (Å²) in [6, 6.07) is 4.14. The first-order valence-corrected chi connectivity index (χ1v) is 4.89. The van der Waals surface area contributed by atoms with Gasteiger partial charge in [-0.15, -0.1) is 0 Å². The number of hydrogen-bond acceptors (Lipinski definition) is 2. The maximum atomic E-state index is 5.84. The summed E-state index contributed by atoms with van der Waals surface area (Å²) in [5, 5.41) is 0. The van der Waals surface area contributed by atoms with Crippen LogP contribution in [0.25, 0.3) is 0 Å². The fourth-order valence-electron chi connectivity index (χ4n) is 1.77. The first kappa shape index (κ1) is 10.2. The highest BCUT2D eigenvalue weighted by Gasteiger charge is 2.26. The molecule has 2 nitrogen and oxygen atoms in total. The molecule has 0 spiro atoms. The third-order valence-electron chi connectivity index (χ3n) is 3.04. The molecule has 1 rings (SSSR count). The second kappa shape index (κ2) is 4.38. The van der Waals surface area contributed by atoms with Gasteiger partial charge in [0.2, 0.25) is 0 Å². The van der Waals surface area contributed by atoms with E-state index in [-0.39, 0.29) is 5.41 Å². The average molecular weight is 178 g/mol. The summed E-state index contributed by atoms with van der Waals surface area (Å²) in [6.07, 6.45) is 5.85. The number of nitrogens with zero attached hydrogens (tertiary/aromatic N) is 1. The van der Waals surface area contributed by atoms with E-state index in [1.165, 1.54) is 5.56 Å². The molecular weight excluding hydrogens is 160 g/mol. The molecule has 0 aliphatic rings. The zero-order chi connectivity index (χ0) is 9.73. The van der Waals surface area contributed by atoms with Gasteiger partial charge in [0.05, 0.1) is 0 Å². The molecule has 2 heteroatoms. The summed E-state index contributed by atoms with van der Waals surface area (Å²) >= 11 is 0. The Morgan fingerprint density at radius 2 is 1.77 bits per heavy atom. The first-order chi connectivity index (χ1) is 6.29. The minimum atomic E-state index is 0.156. The van der Waals surface area contributed by atoms with Crippen molar-refractivity contribution < 1.29 is 0 Å². The van der Waals surface area contributed by atoms with Crippen molar-refractivity contribution in [3.05, 3.63) is 30.1 Å². The standard InChI is InChI=1S/C11H18N2/c1-3-11(4-2,9-12)10-5-7-13-8-6-10/h5-8H,3-4,9,12H2,1-2H3. The van der Waals surface area contributed by atoms with Crippen LogP contribution in [0.15, 0.2) is 24.5 Å². The second-order valence-electron chi connectivity index (χ2n) is 3.43. The van der Waals surface area contributed by atoms with Gasteiger partial charge in [-0.2, -0.15) is 0 Å². The van der Waals surface area contributed by atoms with Crippen molar-refractivity contribution in [1.82, 2.24) is 4.98 Å². The van der Waals surface area contributed by atoms with E-state index in [9.17, 15) is 0 Å². The lowest BCUT2D eigenvalue weighted by Crippen LogP contribution is -2.33. The van der Waals surface area contributed by atoms with Gasteiger partial charge >= 0.3 is 0 Å². The van der Waals surface area contributed by atoms with E-state index in [1.54, 1.807) is 0 Å². The fourth-order valence-corrected chi connectivity index (χ4v) is 1.77. The molecule has 0 atom stereocenters. The molecule has 0 amide bonds. The molecule has 1 aromatic rings. The van der Waals surface area contributed by atoms with Gasteiger partial charge in [-0.05, 0) is 30.5 Å². The Labute approximate surface area is 80.2 Å². The smallest absolute Gasteiger partial charge is 0.0270 e.